The third kappa shape index (κ3) is 3.50. The molecule has 0 aliphatic heterocycles. The topological polar surface area (TPSA) is 81.4 Å². The molecule has 5 nitrogen and oxygen atoms in total. The average Bonchev–Trinajstić information content (AvgIpc) is 2.46. The van der Waals surface area contributed by atoms with Gasteiger partial charge in [0.2, 0.25) is 10.0 Å². The standard InChI is InChI=1S/C14H15FN2O3S/c1-20-14-12(15)7-11(8-13(14)16)21(18,19)17-9-10-5-3-2-4-6-10/h2-8,17H,9,16H2,1H3. The van der Waals surface area contributed by atoms with Crippen LogP contribution < -0.4 is 15.2 Å². The number of rotatable bonds is 5. The molecule has 0 heterocycles. The second kappa shape index (κ2) is 6.11. The Hall–Kier alpha value is -2.12. The number of hydrogen-bond acceptors (Lipinski definition) is 4. The third-order valence-electron chi connectivity index (χ3n) is 2.87. The maximum Gasteiger partial charge on any atom is 0.241 e. The van der Waals surface area contributed by atoms with Crippen LogP contribution in [0.4, 0.5) is 10.1 Å². The molecule has 0 aliphatic rings. The van der Waals surface area contributed by atoms with Gasteiger partial charge in [0.1, 0.15) is 0 Å². The molecule has 0 aliphatic carbocycles. The van der Waals surface area contributed by atoms with E-state index in [4.69, 9.17) is 10.5 Å². The van der Waals surface area contributed by atoms with Crippen molar-refractivity contribution in [3.63, 3.8) is 0 Å². The molecule has 0 fully saturated rings. The van der Waals surface area contributed by atoms with Crippen molar-refractivity contribution in [1.82, 2.24) is 4.72 Å². The van der Waals surface area contributed by atoms with E-state index in [1.165, 1.54) is 7.11 Å². The van der Waals surface area contributed by atoms with Gasteiger partial charge in [-0.1, -0.05) is 30.3 Å². The average molecular weight is 310 g/mol. The highest BCUT2D eigenvalue weighted by molar-refractivity contribution is 7.89. The van der Waals surface area contributed by atoms with Crippen molar-refractivity contribution in [1.29, 1.82) is 0 Å². The number of sulfonamides is 1. The van der Waals surface area contributed by atoms with Crippen molar-refractivity contribution in [3.05, 3.63) is 53.8 Å². The van der Waals surface area contributed by atoms with Gasteiger partial charge in [0.15, 0.2) is 11.6 Å². The molecule has 2 aromatic rings. The van der Waals surface area contributed by atoms with E-state index < -0.39 is 15.8 Å². The minimum absolute atomic E-state index is 0.0717. The number of methoxy groups -OCH3 is 1. The molecule has 0 aromatic heterocycles. The summed E-state index contributed by atoms with van der Waals surface area (Å²) in [5.41, 5.74) is 6.30. The van der Waals surface area contributed by atoms with E-state index in [1.807, 2.05) is 6.07 Å². The second-order valence-corrected chi connectivity index (χ2v) is 6.10. The number of anilines is 1. The first-order valence-corrected chi connectivity index (χ1v) is 7.59. The van der Waals surface area contributed by atoms with Crippen LogP contribution in [-0.2, 0) is 16.6 Å². The summed E-state index contributed by atoms with van der Waals surface area (Å²) < 4.78 is 45.1. The summed E-state index contributed by atoms with van der Waals surface area (Å²) in [6.45, 7) is 0.108. The Morgan fingerprint density at radius 3 is 2.48 bits per heavy atom. The highest BCUT2D eigenvalue weighted by atomic mass is 32.2. The molecule has 0 amide bonds. The van der Waals surface area contributed by atoms with Gasteiger partial charge in [-0.2, -0.15) is 0 Å². The SMILES string of the molecule is COc1c(N)cc(S(=O)(=O)NCc2ccccc2)cc1F. The molecule has 0 saturated heterocycles. The molecule has 21 heavy (non-hydrogen) atoms. The largest absolute Gasteiger partial charge is 0.492 e. The minimum atomic E-state index is -3.85. The number of halogens is 1. The Kier molecular flexibility index (Phi) is 4.44. The van der Waals surface area contributed by atoms with Crippen LogP contribution >= 0.6 is 0 Å². The van der Waals surface area contributed by atoms with Crippen LogP contribution in [0.5, 0.6) is 5.75 Å². The first kappa shape index (κ1) is 15.3. The lowest BCUT2D eigenvalue weighted by molar-refractivity contribution is 0.388. The summed E-state index contributed by atoms with van der Waals surface area (Å²) in [7, 11) is -2.59. The number of nitrogens with one attached hydrogen (secondary N) is 1. The van der Waals surface area contributed by atoms with Gasteiger partial charge in [0.05, 0.1) is 17.7 Å². The summed E-state index contributed by atoms with van der Waals surface area (Å²) >= 11 is 0. The van der Waals surface area contributed by atoms with Gasteiger partial charge in [-0.15, -0.1) is 0 Å². The molecule has 0 bridgehead atoms. The molecule has 0 atom stereocenters. The normalized spacial score (nSPS) is 11.3. The van der Waals surface area contributed by atoms with Gasteiger partial charge in [-0.3, -0.25) is 0 Å². The highest BCUT2D eigenvalue weighted by Crippen LogP contribution is 2.28. The minimum Gasteiger partial charge on any atom is -0.492 e. The molecular weight excluding hydrogens is 295 g/mol. The van der Waals surface area contributed by atoms with Crippen molar-refractivity contribution in [2.45, 2.75) is 11.4 Å². The zero-order chi connectivity index (χ0) is 15.5. The molecule has 2 rings (SSSR count). The fourth-order valence-corrected chi connectivity index (χ4v) is 2.88. The number of hydrogen-bond donors (Lipinski definition) is 2. The molecule has 7 heteroatoms. The predicted octanol–water partition coefficient (Wildman–Crippen LogP) is 1.89. The van der Waals surface area contributed by atoms with Gasteiger partial charge in [-0.05, 0) is 17.7 Å². The molecule has 2 aromatic carbocycles. The van der Waals surface area contributed by atoms with Gasteiger partial charge in [-0.25, -0.2) is 17.5 Å². The van der Waals surface area contributed by atoms with E-state index in [2.05, 4.69) is 4.72 Å². The Labute approximate surface area is 122 Å². The Bertz CT molecular complexity index is 710. The monoisotopic (exact) mass is 310 g/mol. The van der Waals surface area contributed by atoms with Crippen LogP contribution in [0.25, 0.3) is 0 Å². The lowest BCUT2D eigenvalue weighted by atomic mass is 10.2. The van der Waals surface area contributed by atoms with E-state index in [9.17, 15) is 12.8 Å². The van der Waals surface area contributed by atoms with Crippen molar-refractivity contribution in [2.75, 3.05) is 12.8 Å². The lowest BCUT2D eigenvalue weighted by Crippen LogP contribution is -2.23. The summed E-state index contributed by atoms with van der Waals surface area (Å²) in [4.78, 5) is -0.241. The van der Waals surface area contributed by atoms with Crippen LogP contribution in [0, 0.1) is 5.82 Å². The maximum absolute atomic E-state index is 13.7. The van der Waals surface area contributed by atoms with E-state index in [0.29, 0.717) is 0 Å². The number of nitrogen functional groups attached to an aromatic ring is 1. The zero-order valence-corrected chi connectivity index (χ0v) is 12.2. The zero-order valence-electron chi connectivity index (χ0n) is 11.3. The van der Waals surface area contributed by atoms with E-state index in [0.717, 1.165) is 17.7 Å². The molecular formula is C14H15FN2O3S. The van der Waals surface area contributed by atoms with Crippen LogP contribution in [0.15, 0.2) is 47.4 Å². The highest BCUT2D eigenvalue weighted by Gasteiger charge is 2.19. The Morgan fingerprint density at radius 1 is 1.24 bits per heavy atom. The quantitative estimate of drug-likeness (QED) is 0.826. The van der Waals surface area contributed by atoms with E-state index in [1.54, 1.807) is 24.3 Å². The van der Waals surface area contributed by atoms with E-state index >= 15 is 0 Å². The number of ether oxygens (including phenoxy) is 1. The third-order valence-corrected chi connectivity index (χ3v) is 4.25. The fourth-order valence-electron chi connectivity index (χ4n) is 1.82. The molecule has 3 N–H and O–H groups in total. The molecule has 0 saturated carbocycles. The maximum atomic E-state index is 13.7. The van der Waals surface area contributed by atoms with Gasteiger partial charge < -0.3 is 10.5 Å². The summed E-state index contributed by atoms with van der Waals surface area (Å²) in [6.07, 6.45) is 0. The molecule has 0 radical (unpaired) electrons. The summed E-state index contributed by atoms with van der Waals surface area (Å²) in [6, 6.07) is 11.0. The fraction of sp³-hybridized carbons (Fsp3) is 0.143. The van der Waals surface area contributed by atoms with E-state index in [-0.39, 0.29) is 22.9 Å². The molecule has 112 valence electrons. The molecule has 0 unspecified atom stereocenters. The second-order valence-electron chi connectivity index (χ2n) is 4.34. The van der Waals surface area contributed by atoms with Gasteiger partial charge in [0.25, 0.3) is 0 Å². The van der Waals surface area contributed by atoms with Crippen molar-refractivity contribution < 1.29 is 17.5 Å². The summed E-state index contributed by atoms with van der Waals surface area (Å²) in [5, 5.41) is 0. The number of nitrogens with two attached hydrogens (primary N) is 1. The predicted molar refractivity (Wildman–Crippen MR) is 77.8 cm³/mol. The Morgan fingerprint density at radius 2 is 1.90 bits per heavy atom. The smallest absolute Gasteiger partial charge is 0.241 e. The summed E-state index contributed by atoms with van der Waals surface area (Å²) in [5.74, 6) is -0.991. The van der Waals surface area contributed by atoms with Crippen molar-refractivity contribution in [3.8, 4) is 5.75 Å². The molecule has 0 spiro atoms. The Balaban J connectivity index is 2.24. The van der Waals surface area contributed by atoms with Crippen molar-refractivity contribution >= 4 is 15.7 Å². The van der Waals surface area contributed by atoms with Crippen LogP contribution in [0.1, 0.15) is 5.56 Å². The first-order valence-electron chi connectivity index (χ1n) is 6.10. The lowest BCUT2D eigenvalue weighted by Gasteiger charge is -2.10. The van der Waals surface area contributed by atoms with Gasteiger partial charge >= 0.3 is 0 Å². The van der Waals surface area contributed by atoms with Crippen LogP contribution in [0.2, 0.25) is 0 Å². The number of benzene rings is 2. The van der Waals surface area contributed by atoms with Crippen LogP contribution in [0.3, 0.4) is 0 Å². The first-order chi connectivity index (χ1) is 9.94. The van der Waals surface area contributed by atoms with Gasteiger partial charge in [0, 0.05) is 6.54 Å². The van der Waals surface area contributed by atoms with Crippen molar-refractivity contribution in [2.24, 2.45) is 0 Å². The van der Waals surface area contributed by atoms with Crippen LogP contribution in [-0.4, -0.2) is 15.5 Å².